The summed E-state index contributed by atoms with van der Waals surface area (Å²) in [7, 11) is 0. The number of benzene rings is 2. The van der Waals surface area contributed by atoms with Crippen molar-refractivity contribution in [2.24, 2.45) is 11.8 Å². The Balaban J connectivity index is 1.86. The summed E-state index contributed by atoms with van der Waals surface area (Å²) in [5.74, 6) is 1.65. The number of rotatable bonds is 1. The summed E-state index contributed by atoms with van der Waals surface area (Å²) in [6.45, 7) is 4.91. The third-order valence-electron chi connectivity index (χ3n) is 5.91. The van der Waals surface area contributed by atoms with E-state index in [-0.39, 0.29) is 0 Å². The highest BCUT2D eigenvalue weighted by atomic mass is 15.2. The second-order valence-electron chi connectivity index (χ2n) is 7.15. The molecule has 2 bridgehead atoms. The van der Waals surface area contributed by atoms with Gasteiger partial charge in [-0.25, -0.2) is 0 Å². The monoisotopic (exact) mass is 279 g/mol. The molecule has 4 rings (SSSR count). The Labute approximate surface area is 128 Å². The van der Waals surface area contributed by atoms with Crippen molar-refractivity contribution in [3.8, 4) is 0 Å². The van der Waals surface area contributed by atoms with Crippen molar-refractivity contribution in [1.82, 2.24) is 0 Å². The molecule has 0 N–H and O–H groups in total. The van der Waals surface area contributed by atoms with Gasteiger partial charge in [-0.15, -0.1) is 0 Å². The van der Waals surface area contributed by atoms with Crippen molar-refractivity contribution in [2.75, 3.05) is 4.90 Å². The van der Waals surface area contributed by atoms with Crippen LogP contribution in [-0.2, 0) is 0 Å². The predicted molar refractivity (Wildman–Crippen MR) is 90.8 cm³/mol. The molecule has 1 heteroatoms. The molecule has 2 saturated heterocycles. The molecule has 2 aliphatic rings. The van der Waals surface area contributed by atoms with Crippen LogP contribution in [0.5, 0.6) is 0 Å². The molecule has 4 atom stereocenters. The summed E-state index contributed by atoms with van der Waals surface area (Å²) in [4.78, 5) is 2.80. The summed E-state index contributed by atoms with van der Waals surface area (Å²) in [5.41, 5.74) is 1.47. The molecule has 0 amide bonds. The quantitative estimate of drug-likeness (QED) is 0.689. The minimum absolute atomic E-state index is 0.741. The van der Waals surface area contributed by atoms with Crippen molar-refractivity contribution >= 4 is 16.5 Å². The molecule has 2 heterocycles. The molecule has 110 valence electrons. The van der Waals surface area contributed by atoms with Gasteiger partial charge < -0.3 is 4.90 Å². The second-order valence-corrected chi connectivity index (χ2v) is 7.15. The first-order valence-electron chi connectivity index (χ1n) is 8.52. The van der Waals surface area contributed by atoms with Crippen LogP contribution in [0, 0.1) is 11.8 Å². The first-order valence-corrected chi connectivity index (χ1v) is 8.52. The van der Waals surface area contributed by atoms with Crippen LogP contribution in [-0.4, -0.2) is 12.1 Å². The second kappa shape index (κ2) is 5.05. The zero-order valence-electron chi connectivity index (χ0n) is 13.1. The number of piperidine rings is 2. The molecule has 2 aliphatic heterocycles. The molecule has 2 aromatic carbocycles. The van der Waals surface area contributed by atoms with Gasteiger partial charge in [0.1, 0.15) is 0 Å². The van der Waals surface area contributed by atoms with Gasteiger partial charge in [0.2, 0.25) is 0 Å². The topological polar surface area (TPSA) is 3.24 Å². The van der Waals surface area contributed by atoms with E-state index in [1.807, 2.05) is 0 Å². The van der Waals surface area contributed by atoms with Crippen molar-refractivity contribution in [1.29, 1.82) is 0 Å². The van der Waals surface area contributed by atoms with Gasteiger partial charge in [0.15, 0.2) is 0 Å². The smallest absolute Gasteiger partial charge is 0.0451 e. The van der Waals surface area contributed by atoms with E-state index in [1.165, 1.54) is 42.1 Å². The maximum absolute atomic E-state index is 2.80. The highest BCUT2D eigenvalue weighted by Gasteiger charge is 2.41. The Morgan fingerprint density at radius 3 is 2.10 bits per heavy atom. The number of hydrogen-bond acceptors (Lipinski definition) is 1. The summed E-state index contributed by atoms with van der Waals surface area (Å²) in [6, 6.07) is 17.2. The van der Waals surface area contributed by atoms with Crippen LogP contribution < -0.4 is 4.90 Å². The Hall–Kier alpha value is -1.50. The Morgan fingerprint density at radius 1 is 0.762 bits per heavy atom. The van der Waals surface area contributed by atoms with Crippen molar-refractivity contribution in [3.63, 3.8) is 0 Å². The number of anilines is 1. The maximum Gasteiger partial charge on any atom is 0.0451 e. The molecule has 0 spiro atoms. The number of hydrogen-bond donors (Lipinski definition) is 0. The first-order chi connectivity index (χ1) is 10.3. The average molecular weight is 279 g/mol. The molecule has 0 radical (unpaired) electrons. The molecular weight excluding hydrogens is 254 g/mol. The minimum Gasteiger partial charge on any atom is -0.365 e. The molecule has 2 aromatic rings. The normalized spacial score (nSPS) is 32.4. The summed E-state index contributed by atoms with van der Waals surface area (Å²) in [6.07, 6.45) is 5.53. The standard InChI is InChI=1S/C20H25N/c1-14-10-12-19-15(2)11-13-18(14)21(19)20-9-5-7-16-6-3-4-8-17(16)20/h3-9,14-15,18-19H,10-13H2,1-2H3/t14-,15-,18+,19+/m0/s1. The lowest BCUT2D eigenvalue weighted by Gasteiger charge is -2.53. The third-order valence-corrected chi connectivity index (χ3v) is 5.91. The average Bonchev–Trinajstić information content (AvgIpc) is 2.52. The summed E-state index contributed by atoms with van der Waals surface area (Å²) in [5, 5.41) is 2.80. The van der Waals surface area contributed by atoms with E-state index in [2.05, 4.69) is 61.2 Å². The third kappa shape index (κ3) is 2.06. The molecular formula is C20H25N. The van der Waals surface area contributed by atoms with Gasteiger partial charge in [0, 0.05) is 23.2 Å². The Kier molecular flexibility index (Phi) is 3.17. The number of nitrogens with zero attached hydrogens (tertiary/aromatic N) is 1. The zero-order valence-corrected chi connectivity index (χ0v) is 13.1. The molecule has 0 aliphatic carbocycles. The van der Waals surface area contributed by atoms with Crippen molar-refractivity contribution < 1.29 is 0 Å². The lowest BCUT2D eigenvalue weighted by molar-refractivity contribution is 0.184. The Morgan fingerprint density at radius 2 is 1.38 bits per heavy atom. The highest BCUT2D eigenvalue weighted by Crippen LogP contribution is 2.44. The molecule has 0 saturated carbocycles. The minimum atomic E-state index is 0.741. The fourth-order valence-corrected chi connectivity index (χ4v) is 4.68. The lowest BCUT2D eigenvalue weighted by atomic mass is 9.73. The zero-order chi connectivity index (χ0) is 14.4. The van der Waals surface area contributed by atoms with E-state index < -0.39 is 0 Å². The van der Waals surface area contributed by atoms with Crippen LogP contribution in [0.25, 0.3) is 10.8 Å². The SMILES string of the molecule is C[C@H]1CC[C@@H]2[C@@H](C)CC[C@H]1N2c1cccc2ccccc12. The maximum atomic E-state index is 2.80. The predicted octanol–water partition coefficient (Wildman–Crippen LogP) is 5.24. The van der Waals surface area contributed by atoms with Gasteiger partial charge >= 0.3 is 0 Å². The molecule has 1 nitrogen and oxygen atoms in total. The van der Waals surface area contributed by atoms with Crippen LogP contribution in [0.4, 0.5) is 5.69 Å². The lowest BCUT2D eigenvalue weighted by Crippen LogP contribution is -2.56. The first kappa shape index (κ1) is 13.2. The van der Waals surface area contributed by atoms with Gasteiger partial charge in [-0.1, -0.05) is 50.2 Å². The van der Waals surface area contributed by atoms with Crippen molar-refractivity contribution in [3.05, 3.63) is 42.5 Å². The van der Waals surface area contributed by atoms with Crippen LogP contribution in [0.15, 0.2) is 42.5 Å². The Bertz CT molecular complexity index is 624. The fraction of sp³-hybridized carbons (Fsp3) is 0.500. The van der Waals surface area contributed by atoms with E-state index in [0.29, 0.717) is 0 Å². The van der Waals surface area contributed by atoms with E-state index in [0.717, 1.165) is 23.9 Å². The molecule has 2 fully saturated rings. The van der Waals surface area contributed by atoms with E-state index in [9.17, 15) is 0 Å². The van der Waals surface area contributed by atoms with E-state index >= 15 is 0 Å². The van der Waals surface area contributed by atoms with Crippen LogP contribution in [0.1, 0.15) is 39.5 Å². The number of fused-ring (bicyclic) bond motifs is 3. The highest BCUT2D eigenvalue weighted by molar-refractivity contribution is 5.94. The van der Waals surface area contributed by atoms with Gasteiger partial charge in [0.25, 0.3) is 0 Å². The fourth-order valence-electron chi connectivity index (χ4n) is 4.68. The van der Waals surface area contributed by atoms with Crippen LogP contribution in [0.3, 0.4) is 0 Å². The van der Waals surface area contributed by atoms with Gasteiger partial charge in [0.05, 0.1) is 0 Å². The van der Waals surface area contributed by atoms with Gasteiger partial charge in [-0.2, -0.15) is 0 Å². The molecule has 0 unspecified atom stereocenters. The van der Waals surface area contributed by atoms with Gasteiger partial charge in [-0.3, -0.25) is 0 Å². The summed E-state index contributed by atoms with van der Waals surface area (Å²) < 4.78 is 0. The van der Waals surface area contributed by atoms with Crippen LogP contribution in [0.2, 0.25) is 0 Å². The van der Waals surface area contributed by atoms with Crippen LogP contribution >= 0.6 is 0 Å². The molecule has 0 aromatic heterocycles. The van der Waals surface area contributed by atoms with Crippen molar-refractivity contribution in [2.45, 2.75) is 51.6 Å². The van der Waals surface area contributed by atoms with E-state index in [1.54, 1.807) is 0 Å². The molecule has 21 heavy (non-hydrogen) atoms. The van der Waals surface area contributed by atoms with Gasteiger partial charge in [-0.05, 0) is 49.0 Å². The largest absolute Gasteiger partial charge is 0.365 e. The summed E-state index contributed by atoms with van der Waals surface area (Å²) >= 11 is 0. The van der Waals surface area contributed by atoms with E-state index in [4.69, 9.17) is 0 Å².